The van der Waals surface area contributed by atoms with Crippen LogP contribution in [-0.4, -0.2) is 5.78 Å². The SMILES string of the molecule is CC(CCC(=O)c1ccc(F)cc1)c1ccc(Cl)cc1. The molecule has 1 unspecified atom stereocenters. The van der Waals surface area contributed by atoms with Gasteiger partial charge >= 0.3 is 0 Å². The molecule has 0 amide bonds. The number of ketones is 1. The molecule has 0 aliphatic heterocycles. The van der Waals surface area contributed by atoms with Crippen molar-refractivity contribution >= 4 is 17.4 Å². The summed E-state index contributed by atoms with van der Waals surface area (Å²) >= 11 is 5.85. The summed E-state index contributed by atoms with van der Waals surface area (Å²) in [6.07, 6.45) is 1.22. The third-order valence-electron chi connectivity index (χ3n) is 3.41. The van der Waals surface area contributed by atoms with Gasteiger partial charge in [0.15, 0.2) is 5.78 Å². The molecule has 20 heavy (non-hydrogen) atoms. The highest BCUT2D eigenvalue weighted by atomic mass is 35.5. The Hall–Kier alpha value is -1.67. The molecule has 0 spiro atoms. The number of hydrogen-bond donors (Lipinski definition) is 0. The number of Topliss-reactive ketones (excluding diaryl/α,β-unsaturated/α-hetero) is 1. The fourth-order valence-electron chi connectivity index (χ4n) is 2.09. The van der Waals surface area contributed by atoms with Crippen LogP contribution in [0.3, 0.4) is 0 Å². The van der Waals surface area contributed by atoms with Gasteiger partial charge in [-0.05, 0) is 54.3 Å². The maximum Gasteiger partial charge on any atom is 0.162 e. The molecule has 0 aliphatic carbocycles. The third kappa shape index (κ3) is 3.91. The Kier molecular flexibility index (Phi) is 4.91. The van der Waals surface area contributed by atoms with Gasteiger partial charge in [0.2, 0.25) is 0 Å². The lowest BCUT2D eigenvalue weighted by molar-refractivity contribution is 0.0978. The first-order valence-corrected chi connectivity index (χ1v) is 6.98. The number of rotatable bonds is 5. The van der Waals surface area contributed by atoms with Crippen LogP contribution in [0.15, 0.2) is 48.5 Å². The Labute approximate surface area is 123 Å². The van der Waals surface area contributed by atoms with Crippen molar-refractivity contribution in [2.24, 2.45) is 0 Å². The monoisotopic (exact) mass is 290 g/mol. The van der Waals surface area contributed by atoms with Crippen LogP contribution in [0, 0.1) is 5.82 Å². The molecule has 104 valence electrons. The molecule has 1 nitrogen and oxygen atoms in total. The molecule has 2 aromatic rings. The summed E-state index contributed by atoms with van der Waals surface area (Å²) in [5.74, 6) is 0.0126. The second-order valence-corrected chi connectivity index (χ2v) is 5.36. The van der Waals surface area contributed by atoms with Crippen LogP contribution in [0.5, 0.6) is 0 Å². The maximum absolute atomic E-state index is 12.8. The molecule has 2 aromatic carbocycles. The lowest BCUT2D eigenvalue weighted by Gasteiger charge is -2.11. The van der Waals surface area contributed by atoms with E-state index >= 15 is 0 Å². The Morgan fingerprint density at radius 2 is 1.70 bits per heavy atom. The fraction of sp³-hybridized carbons (Fsp3) is 0.235. The molecule has 2 rings (SSSR count). The minimum absolute atomic E-state index is 0.0470. The minimum Gasteiger partial charge on any atom is -0.294 e. The molecule has 0 fully saturated rings. The van der Waals surface area contributed by atoms with Gasteiger partial charge in [0.25, 0.3) is 0 Å². The zero-order valence-corrected chi connectivity index (χ0v) is 12.0. The largest absolute Gasteiger partial charge is 0.294 e. The van der Waals surface area contributed by atoms with Gasteiger partial charge in [-0.25, -0.2) is 4.39 Å². The molecule has 1 atom stereocenters. The third-order valence-corrected chi connectivity index (χ3v) is 3.66. The van der Waals surface area contributed by atoms with Crippen LogP contribution in [0.2, 0.25) is 5.02 Å². The first kappa shape index (κ1) is 14.7. The normalized spacial score (nSPS) is 12.2. The quantitative estimate of drug-likeness (QED) is 0.688. The van der Waals surface area contributed by atoms with E-state index in [0.717, 1.165) is 6.42 Å². The minimum atomic E-state index is -0.323. The summed E-state index contributed by atoms with van der Waals surface area (Å²) < 4.78 is 12.8. The topological polar surface area (TPSA) is 17.1 Å². The molecule has 0 aliphatic rings. The van der Waals surface area contributed by atoms with E-state index in [-0.39, 0.29) is 17.5 Å². The zero-order valence-electron chi connectivity index (χ0n) is 11.3. The summed E-state index contributed by atoms with van der Waals surface area (Å²) in [6, 6.07) is 13.4. The highest BCUT2D eigenvalue weighted by Crippen LogP contribution is 2.23. The molecule has 0 radical (unpaired) electrons. The second kappa shape index (κ2) is 6.67. The Balaban J connectivity index is 1.92. The second-order valence-electron chi connectivity index (χ2n) is 4.92. The number of carbonyl (C=O) groups is 1. The number of carbonyl (C=O) groups excluding carboxylic acids is 1. The van der Waals surface area contributed by atoms with Crippen molar-refractivity contribution in [3.8, 4) is 0 Å². The first-order valence-electron chi connectivity index (χ1n) is 6.60. The van der Waals surface area contributed by atoms with E-state index in [1.54, 1.807) is 0 Å². The highest BCUT2D eigenvalue weighted by molar-refractivity contribution is 6.30. The molecule has 0 N–H and O–H groups in total. The molecule has 0 saturated heterocycles. The van der Waals surface area contributed by atoms with Crippen LogP contribution >= 0.6 is 11.6 Å². The summed E-state index contributed by atoms with van der Waals surface area (Å²) in [7, 11) is 0. The van der Waals surface area contributed by atoms with Crippen LogP contribution in [0.1, 0.15) is 41.6 Å². The van der Waals surface area contributed by atoms with Gasteiger partial charge in [-0.2, -0.15) is 0 Å². The van der Waals surface area contributed by atoms with Crippen molar-refractivity contribution in [3.05, 3.63) is 70.5 Å². The molecule has 3 heteroatoms. The first-order chi connectivity index (χ1) is 9.56. The zero-order chi connectivity index (χ0) is 14.5. The van der Waals surface area contributed by atoms with E-state index < -0.39 is 0 Å². The van der Waals surface area contributed by atoms with E-state index in [0.29, 0.717) is 17.0 Å². The summed E-state index contributed by atoms with van der Waals surface area (Å²) in [5, 5.41) is 0.711. The molecular formula is C17H16ClFO. The fourth-order valence-corrected chi connectivity index (χ4v) is 2.21. The van der Waals surface area contributed by atoms with Crippen molar-refractivity contribution in [2.75, 3.05) is 0 Å². The number of halogens is 2. The van der Waals surface area contributed by atoms with Crippen LogP contribution < -0.4 is 0 Å². The molecule has 0 heterocycles. The van der Waals surface area contributed by atoms with Gasteiger partial charge in [-0.3, -0.25) is 4.79 Å². The molecular weight excluding hydrogens is 275 g/mol. The van der Waals surface area contributed by atoms with E-state index in [1.165, 1.54) is 29.8 Å². The van der Waals surface area contributed by atoms with Gasteiger partial charge in [0.1, 0.15) is 5.82 Å². The predicted molar refractivity (Wildman–Crippen MR) is 79.8 cm³/mol. The van der Waals surface area contributed by atoms with Gasteiger partial charge in [-0.15, -0.1) is 0 Å². The Bertz CT molecular complexity index is 575. The van der Waals surface area contributed by atoms with Crippen molar-refractivity contribution in [1.82, 2.24) is 0 Å². The standard InChI is InChI=1S/C17H16ClFO/c1-12(13-3-7-15(18)8-4-13)2-11-17(20)14-5-9-16(19)10-6-14/h3-10,12H,2,11H2,1H3. The Morgan fingerprint density at radius 1 is 1.10 bits per heavy atom. The lowest BCUT2D eigenvalue weighted by atomic mass is 9.94. The average Bonchev–Trinajstić information content (AvgIpc) is 2.46. The van der Waals surface area contributed by atoms with E-state index in [9.17, 15) is 9.18 Å². The van der Waals surface area contributed by atoms with Crippen molar-refractivity contribution < 1.29 is 9.18 Å². The smallest absolute Gasteiger partial charge is 0.162 e. The van der Waals surface area contributed by atoms with Crippen molar-refractivity contribution in [3.63, 3.8) is 0 Å². The van der Waals surface area contributed by atoms with Crippen LogP contribution in [-0.2, 0) is 0 Å². The average molecular weight is 291 g/mol. The summed E-state index contributed by atoms with van der Waals surface area (Å²) in [4.78, 5) is 12.0. The summed E-state index contributed by atoms with van der Waals surface area (Å²) in [5.41, 5.74) is 1.73. The van der Waals surface area contributed by atoms with Gasteiger partial charge < -0.3 is 0 Å². The molecule has 0 saturated carbocycles. The van der Waals surface area contributed by atoms with Crippen molar-refractivity contribution in [1.29, 1.82) is 0 Å². The number of benzene rings is 2. The van der Waals surface area contributed by atoms with E-state index in [1.807, 2.05) is 24.3 Å². The number of hydrogen-bond acceptors (Lipinski definition) is 1. The summed E-state index contributed by atoms with van der Waals surface area (Å²) in [6.45, 7) is 2.08. The highest BCUT2D eigenvalue weighted by Gasteiger charge is 2.10. The van der Waals surface area contributed by atoms with Gasteiger partial charge in [-0.1, -0.05) is 30.7 Å². The van der Waals surface area contributed by atoms with E-state index in [4.69, 9.17) is 11.6 Å². The van der Waals surface area contributed by atoms with Crippen molar-refractivity contribution in [2.45, 2.75) is 25.7 Å². The van der Waals surface area contributed by atoms with Gasteiger partial charge in [0.05, 0.1) is 0 Å². The molecule has 0 bridgehead atoms. The van der Waals surface area contributed by atoms with Crippen LogP contribution in [0.4, 0.5) is 4.39 Å². The molecule has 0 aromatic heterocycles. The Morgan fingerprint density at radius 3 is 2.30 bits per heavy atom. The van der Waals surface area contributed by atoms with E-state index in [2.05, 4.69) is 6.92 Å². The predicted octanol–water partition coefficient (Wildman–Crippen LogP) is 5.25. The lowest BCUT2D eigenvalue weighted by Crippen LogP contribution is -2.02. The van der Waals surface area contributed by atoms with Crippen LogP contribution in [0.25, 0.3) is 0 Å². The maximum atomic E-state index is 12.8. The van der Waals surface area contributed by atoms with Gasteiger partial charge in [0, 0.05) is 17.0 Å².